The number of methoxy groups -OCH3 is 2. The molecule has 0 atom stereocenters. The Labute approximate surface area is 118 Å². The van der Waals surface area contributed by atoms with Gasteiger partial charge in [-0.05, 0) is 18.2 Å². The van der Waals surface area contributed by atoms with E-state index in [1.54, 1.807) is 31.5 Å². The number of nitrogens with zero attached hydrogens (tertiary/aromatic N) is 2. The van der Waals surface area contributed by atoms with Crippen LogP contribution < -0.4 is 4.74 Å². The number of aromatic nitrogens is 2. The van der Waals surface area contributed by atoms with E-state index in [1.165, 1.54) is 7.11 Å². The maximum atomic E-state index is 11.7. The molecule has 0 saturated carbocycles. The summed E-state index contributed by atoms with van der Waals surface area (Å²) in [6.07, 6.45) is 3.59. The first-order valence-corrected chi connectivity index (χ1v) is 6.38. The van der Waals surface area contributed by atoms with Crippen molar-refractivity contribution < 1.29 is 14.3 Å². The number of hydrogen-bond acceptors (Lipinski definition) is 4. The minimum absolute atomic E-state index is 0.261. The summed E-state index contributed by atoms with van der Waals surface area (Å²) in [6.45, 7) is 4.13. The van der Waals surface area contributed by atoms with E-state index in [1.807, 2.05) is 10.8 Å². The SMILES string of the molecule is COC(=O)c1ccc(OC)c(-n2ccnc2C(C)C)c1. The zero-order chi connectivity index (χ0) is 14.7. The highest BCUT2D eigenvalue weighted by Gasteiger charge is 2.15. The molecule has 106 valence electrons. The van der Waals surface area contributed by atoms with Gasteiger partial charge >= 0.3 is 5.97 Å². The summed E-state index contributed by atoms with van der Waals surface area (Å²) in [7, 11) is 2.96. The van der Waals surface area contributed by atoms with Gasteiger partial charge in [-0.3, -0.25) is 4.57 Å². The van der Waals surface area contributed by atoms with Gasteiger partial charge in [-0.25, -0.2) is 9.78 Å². The van der Waals surface area contributed by atoms with Gasteiger partial charge in [-0.15, -0.1) is 0 Å². The smallest absolute Gasteiger partial charge is 0.337 e. The van der Waals surface area contributed by atoms with Crippen LogP contribution in [0.2, 0.25) is 0 Å². The van der Waals surface area contributed by atoms with Crippen LogP contribution in [0, 0.1) is 0 Å². The summed E-state index contributed by atoms with van der Waals surface area (Å²) < 4.78 is 12.1. The lowest BCUT2D eigenvalue weighted by atomic mass is 10.1. The maximum Gasteiger partial charge on any atom is 0.337 e. The molecule has 1 heterocycles. The molecule has 0 unspecified atom stereocenters. The predicted molar refractivity (Wildman–Crippen MR) is 75.5 cm³/mol. The van der Waals surface area contributed by atoms with Crippen LogP contribution >= 0.6 is 0 Å². The summed E-state index contributed by atoms with van der Waals surface area (Å²) in [5, 5.41) is 0. The fraction of sp³-hybridized carbons (Fsp3) is 0.333. The molecule has 0 saturated heterocycles. The summed E-state index contributed by atoms with van der Waals surface area (Å²) in [5.41, 5.74) is 1.25. The van der Waals surface area contributed by atoms with Crippen LogP contribution in [-0.2, 0) is 4.74 Å². The van der Waals surface area contributed by atoms with E-state index in [-0.39, 0.29) is 11.9 Å². The van der Waals surface area contributed by atoms with Crippen LogP contribution in [-0.4, -0.2) is 29.7 Å². The Morgan fingerprint density at radius 1 is 1.30 bits per heavy atom. The number of benzene rings is 1. The number of hydrogen-bond donors (Lipinski definition) is 0. The zero-order valence-corrected chi connectivity index (χ0v) is 12.1. The molecule has 2 aromatic rings. The minimum Gasteiger partial charge on any atom is -0.495 e. The molecule has 1 aromatic heterocycles. The van der Waals surface area contributed by atoms with Crippen molar-refractivity contribution in [1.82, 2.24) is 9.55 Å². The quantitative estimate of drug-likeness (QED) is 0.804. The van der Waals surface area contributed by atoms with Gasteiger partial charge in [0.05, 0.1) is 25.5 Å². The molecule has 0 bridgehead atoms. The van der Waals surface area contributed by atoms with Crippen LogP contribution in [0.15, 0.2) is 30.6 Å². The maximum absolute atomic E-state index is 11.7. The van der Waals surface area contributed by atoms with Gasteiger partial charge in [0.15, 0.2) is 0 Å². The third-order valence-electron chi connectivity index (χ3n) is 3.05. The van der Waals surface area contributed by atoms with E-state index in [2.05, 4.69) is 18.8 Å². The fourth-order valence-corrected chi connectivity index (χ4v) is 2.07. The first kappa shape index (κ1) is 14.1. The molecule has 0 amide bonds. The molecular formula is C15H18N2O3. The summed E-state index contributed by atoms with van der Waals surface area (Å²) in [5.74, 6) is 1.47. The monoisotopic (exact) mass is 274 g/mol. The third-order valence-corrected chi connectivity index (χ3v) is 3.05. The van der Waals surface area contributed by atoms with Crippen molar-refractivity contribution in [3.05, 3.63) is 42.0 Å². The highest BCUT2D eigenvalue weighted by molar-refractivity contribution is 5.90. The number of imidazole rings is 1. The summed E-state index contributed by atoms with van der Waals surface area (Å²) >= 11 is 0. The van der Waals surface area contributed by atoms with E-state index in [9.17, 15) is 4.79 Å². The largest absolute Gasteiger partial charge is 0.495 e. The first-order valence-electron chi connectivity index (χ1n) is 6.38. The van der Waals surface area contributed by atoms with Gasteiger partial charge in [0.25, 0.3) is 0 Å². The lowest BCUT2D eigenvalue weighted by molar-refractivity contribution is 0.0600. The van der Waals surface area contributed by atoms with Gasteiger partial charge in [0, 0.05) is 18.3 Å². The molecule has 20 heavy (non-hydrogen) atoms. The van der Waals surface area contributed by atoms with Crippen molar-refractivity contribution in [1.29, 1.82) is 0 Å². The number of carbonyl (C=O) groups excluding carboxylic acids is 1. The van der Waals surface area contributed by atoms with E-state index < -0.39 is 0 Å². The average molecular weight is 274 g/mol. The Balaban J connectivity index is 2.58. The standard InChI is InChI=1S/C15H18N2O3/c1-10(2)14-16-7-8-17(14)12-9-11(15(18)20-4)5-6-13(12)19-3/h5-10H,1-4H3. The number of ether oxygens (including phenoxy) is 2. The van der Waals surface area contributed by atoms with Crippen LogP contribution in [0.5, 0.6) is 5.75 Å². The molecule has 2 rings (SSSR count). The average Bonchev–Trinajstić information content (AvgIpc) is 2.95. The fourth-order valence-electron chi connectivity index (χ4n) is 2.07. The molecule has 0 aliphatic heterocycles. The van der Waals surface area contributed by atoms with Gasteiger partial charge in [0.2, 0.25) is 0 Å². The Morgan fingerprint density at radius 3 is 2.65 bits per heavy atom. The van der Waals surface area contributed by atoms with Crippen molar-refractivity contribution in [3.8, 4) is 11.4 Å². The highest BCUT2D eigenvalue weighted by Crippen LogP contribution is 2.27. The Morgan fingerprint density at radius 2 is 2.05 bits per heavy atom. The molecule has 0 aliphatic rings. The Kier molecular flexibility index (Phi) is 4.08. The molecule has 5 nitrogen and oxygen atoms in total. The van der Waals surface area contributed by atoms with Crippen LogP contribution in [0.3, 0.4) is 0 Å². The van der Waals surface area contributed by atoms with E-state index in [4.69, 9.17) is 9.47 Å². The van der Waals surface area contributed by atoms with E-state index in [0.717, 1.165) is 11.5 Å². The molecule has 0 radical (unpaired) electrons. The molecular weight excluding hydrogens is 256 g/mol. The first-order chi connectivity index (χ1) is 9.58. The minimum atomic E-state index is -0.375. The van der Waals surface area contributed by atoms with Crippen molar-refractivity contribution >= 4 is 5.97 Å². The van der Waals surface area contributed by atoms with Gasteiger partial charge in [-0.2, -0.15) is 0 Å². The van der Waals surface area contributed by atoms with Gasteiger partial charge < -0.3 is 9.47 Å². The molecule has 0 aliphatic carbocycles. The van der Waals surface area contributed by atoms with Crippen LogP contribution in [0.25, 0.3) is 5.69 Å². The lowest BCUT2D eigenvalue weighted by Gasteiger charge is -2.14. The topological polar surface area (TPSA) is 53.4 Å². The van der Waals surface area contributed by atoms with Crippen molar-refractivity contribution in [2.45, 2.75) is 19.8 Å². The van der Waals surface area contributed by atoms with E-state index in [0.29, 0.717) is 11.3 Å². The molecule has 0 fully saturated rings. The predicted octanol–water partition coefficient (Wildman–Crippen LogP) is 2.79. The highest BCUT2D eigenvalue weighted by atomic mass is 16.5. The van der Waals surface area contributed by atoms with Crippen molar-refractivity contribution in [2.75, 3.05) is 14.2 Å². The summed E-state index contributed by atoms with van der Waals surface area (Å²) in [4.78, 5) is 16.0. The molecule has 0 spiro atoms. The van der Waals surface area contributed by atoms with Crippen molar-refractivity contribution in [3.63, 3.8) is 0 Å². The normalized spacial score (nSPS) is 10.7. The Hall–Kier alpha value is -2.30. The number of carbonyl (C=O) groups is 1. The van der Waals surface area contributed by atoms with Crippen LogP contribution in [0.1, 0.15) is 35.9 Å². The van der Waals surface area contributed by atoms with Gasteiger partial charge in [0.1, 0.15) is 11.6 Å². The lowest BCUT2D eigenvalue weighted by Crippen LogP contribution is -2.07. The Bertz CT molecular complexity index is 617. The second-order valence-corrected chi connectivity index (χ2v) is 4.69. The second kappa shape index (κ2) is 5.77. The summed E-state index contributed by atoms with van der Waals surface area (Å²) in [6, 6.07) is 5.18. The number of esters is 1. The third kappa shape index (κ3) is 2.52. The molecule has 5 heteroatoms. The number of rotatable bonds is 4. The second-order valence-electron chi connectivity index (χ2n) is 4.69. The van der Waals surface area contributed by atoms with Gasteiger partial charge in [-0.1, -0.05) is 13.8 Å². The van der Waals surface area contributed by atoms with E-state index >= 15 is 0 Å². The molecule has 1 aromatic carbocycles. The molecule has 0 N–H and O–H groups in total. The van der Waals surface area contributed by atoms with Crippen LogP contribution in [0.4, 0.5) is 0 Å². The zero-order valence-electron chi connectivity index (χ0n) is 12.1. The van der Waals surface area contributed by atoms with Crippen molar-refractivity contribution in [2.24, 2.45) is 0 Å².